The molecule has 10 atom stereocenters. The molecule has 0 aromatic heterocycles. The second kappa shape index (κ2) is 76.9. The number of fused-ring (bicyclic) bond motifs is 15. The number of allylic oxidation sites excluding steroid dienone is 20. The zero-order valence-corrected chi connectivity index (χ0v) is 91.7. The van der Waals surface area contributed by atoms with Crippen molar-refractivity contribution in [1.29, 1.82) is 0 Å². The summed E-state index contributed by atoms with van der Waals surface area (Å²) in [6, 6.07) is 0. The van der Waals surface area contributed by atoms with Gasteiger partial charge < -0.3 is 0 Å². The van der Waals surface area contributed by atoms with Crippen LogP contribution in [-0.4, -0.2) is 0 Å². The molecule has 0 amide bonds. The van der Waals surface area contributed by atoms with E-state index in [2.05, 4.69) is 122 Å². The van der Waals surface area contributed by atoms with Crippen LogP contribution in [0.3, 0.4) is 0 Å². The minimum Gasteiger partial charge on any atom is -0.0885 e. The maximum absolute atomic E-state index is 2.43. The zero-order chi connectivity index (χ0) is 94.3. The predicted molar refractivity (Wildman–Crippen MR) is 609 cm³/mol. The molecule has 8 bridgehead atoms. The van der Waals surface area contributed by atoms with Crippen molar-refractivity contribution in [1.82, 2.24) is 0 Å². The van der Waals surface area contributed by atoms with E-state index in [4.69, 9.17) is 0 Å². The first kappa shape index (κ1) is 115. The van der Waals surface area contributed by atoms with Crippen molar-refractivity contribution in [2.24, 2.45) is 118 Å². The van der Waals surface area contributed by atoms with Crippen molar-refractivity contribution < 1.29 is 0 Å². The summed E-state index contributed by atoms with van der Waals surface area (Å²) >= 11 is 0. The predicted octanol–water partition coefficient (Wildman–Crippen LogP) is 45.9. The smallest absolute Gasteiger partial charge is 0.0163 e. The van der Waals surface area contributed by atoms with Crippen LogP contribution in [-0.2, 0) is 0 Å². The van der Waals surface area contributed by atoms with E-state index in [9.17, 15) is 0 Å². The molecule has 33 rings (SSSR count). The Bertz CT molecular complexity index is 2840. The molecule has 0 aromatic carbocycles. The lowest BCUT2D eigenvalue weighted by Crippen LogP contribution is -2.28. The van der Waals surface area contributed by atoms with Crippen LogP contribution in [0.1, 0.15) is 623 Å². The molecule has 33 aliphatic rings. The van der Waals surface area contributed by atoms with E-state index in [1.54, 1.807) is 212 Å². The van der Waals surface area contributed by atoms with Crippen molar-refractivity contribution in [2.75, 3.05) is 0 Å². The summed E-state index contributed by atoms with van der Waals surface area (Å²) in [5, 5.41) is 0. The highest BCUT2D eigenvalue weighted by Gasteiger charge is 2.45. The summed E-state index contributed by atoms with van der Waals surface area (Å²) in [6.45, 7) is 0. The van der Waals surface area contributed by atoms with Crippen molar-refractivity contribution in [3.8, 4) is 0 Å². The Morgan fingerprint density at radius 1 is 0.117 bits per heavy atom. The molecule has 782 valence electrons. The minimum absolute atomic E-state index is 0.985. The Morgan fingerprint density at radius 2 is 0.365 bits per heavy atom. The molecular weight excluding hydrogens is 1650 g/mol. The first-order chi connectivity index (χ1) is 68.1. The van der Waals surface area contributed by atoms with Crippen LogP contribution in [0.25, 0.3) is 0 Å². The van der Waals surface area contributed by atoms with Gasteiger partial charge in [0.25, 0.3) is 0 Å². The Kier molecular flexibility index (Phi) is 64.4. The van der Waals surface area contributed by atoms with Crippen LogP contribution in [0, 0.1) is 118 Å². The highest BCUT2D eigenvalue weighted by atomic mass is 14.5. The first-order valence-corrected chi connectivity index (χ1v) is 64.7. The quantitative estimate of drug-likeness (QED) is 0.168. The molecule has 137 heavy (non-hydrogen) atoms. The van der Waals surface area contributed by atoms with Crippen LogP contribution < -0.4 is 0 Å². The average molecular weight is 1880 g/mol. The molecule has 10 unspecified atom stereocenters. The van der Waals surface area contributed by atoms with Crippen molar-refractivity contribution >= 4 is 0 Å². The zero-order valence-electron chi connectivity index (χ0n) is 91.7. The van der Waals surface area contributed by atoms with E-state index >= 15 is 0 Å². The van der Waals surface area contributed by atoms with Crippen LogP contribution in [0.5, 0.6) is 0 Å². The van der Waals surface area contributed by atoms with E-state index in [1.165, 1.54) is 463 Å². The van der Waals surface area contributed by atoms with Gasteiger partial charge in [-0.2, -0.15) is 0 Å². The fourth-order valence-corrected chi connectivity index (χ4v) is 29.0. The van der Waals surface area contributed by atoms with E-state index in [0.717, 1.165) is 66.6 Å². The largest absolute Gasteiger partial charge is 0.0885 e. The first-order valence-electron chi connectivity index (χ1n) is 64.7. The molecule has 0 radical (unpaired) electrons. The third-order valence-electron chi connectivity index (χ3n) is 39.3. The molecule has 0 saturated heterocycles. The molecule has 0 aromatic rings. The Hall–Kier alpha value is -2.60. The highest BCUT2D eigenvalue weighted by molar-refractivity contribution is 5.12. The van der Waals surface area contributed by atoms with Gasteiger partial charge in [0.2, 0.25) is 0 Å². The van der Waals surface area contributed by atoms with Gasteiger partial charge in [0.1, 0.15) is 0 Å². The van der Waals surface area contributed by atoms with E-state index in [-0.39, 0.29) is 0 Å². The van der Waals surface area contributed by atoms with Gasteiger partial charge >= 0.3 is 0 Å². The van der Waals surface area contributed by atoms with Crippen LogP contribution in [0.15, 0.2) is 122 Å². The highest BCUT2D eigenvalue weighted by Crippen LogP contribution is 2.56. The monoisotopic (exact) mass is 1880 g/mol. The molecule has 0 heterocycles. The molecule has 26 fully saturated rings. The molecular formula is C137H234. The van der Waals surface area contributed by atoms with Gasteiger partial charge in [-0.25, -0.2) is 0 Å². The fourth-order valence-electron chi connectivity index (χ4n) is 29.0. The van der Waals surface area contributed by atoms with Gasteiger partial charge in [-0.1, -0.05) is 584 Å². The minimum atomic E-state index is 0.985. The summed E-state index contributed by atoms with van der Waals surface area (Å²) in [4.78, 5) is 0. The standard InChI is InChI=1S/C10H18.C9H16.C9H14.2C8H14.C8H16.C7H12.C7H10.C7H12.C7H14.C6H10.C6H12.C6H10.2C6H8.C5H8.C5H10.C5H8.C5H6.C4H8.C3H6/c1-2-6-10-8-4-3-7-9(10)5-1;2*1-2-5-9-7-3-6-8(9)4-1;1-3-7-5-2-6-8(7)4-1;1-2-8-5-3-7(1)4-6-8;1-2-4-6-8-7-5-3-1;2*1-2-7-4-3-6(1)5-7;1-2-6-4-7(3-1)5-6;1-2-4-6-7-5-3-1;1-2-5-4-6(5)3-1;4*1-2-4-6-5-3-1;1-2-5-3-4(1)5;3*1-2-4-5-3-1;1-2-4-3-1;1-2-3-1/h9-10H,1-8H2;8-9H,1-7H2;3,6,8-9H,1-2,4-5,7H2;2*7-8H,1-6H2;1-8H2;6-7H,1-5H2;1-2,6-7H,3-5H2;6-7H,1-5H2;1-7H2;5-6H,1-4H2;1-6H2;1-2H,3-6H2;1-2,5-6H,3-4H2;1-4H,5-6H2;4-5H,1-3H2;1-5H2;1-2H,3-5H2;1-4H,5H2;1-4H2;1-3H2. The maximum atomic E-state index is 2.43. The van der Waals surface area contributed by atoms with Gasteiger partial charge in [0.05, 0.1) is 0 Å². The normalized spacial score (nSPS) is 35.1. The maximum Gasteiger partial charge on any atom is -0.0163 e. The summed E-state index contributed by atoms with van der Waals surface area (Å²) in [5.74, 6) is 22.9. The Morgan fingerprint density at radius 3 is 0.533 bits per heavy atom. The van der Waals surface area contributed by atoms with Crippen LogP contribution in [0.2, 0.25) is 0 Å². The molecule has 0 nitrogen and oxygen atoms in total. The summed E-state index contributed by atoms with van der Waals surface area (Å²) in [5.41, 5.74) is 0. The van der Waals surface area contributed by atoms with E-state index in [1.807, 2.05) is 0 Å². The molecule has 33 aliphatic carbocycles. The van der Waals surface area contributed by atoms with Crippen LogP contribution in [0.4, 0.5) is 0 Å². The second-order valence-electron chi connectivity index (χ2n) is 50.8. The van der Waals surface area contributed by atoms with Crippen LogP contribution >= 0.6 is 0 Å². The number of rotatable bonds is 0. The Labute approximate surface area is 856 Å². The Balaban J connectivity index is 0.000000139. The third-order valence-corrected chi connectivity index (χ3v) is 39.3. The summed E-state index contributed by atoms with van der Waals surface area (Å²) < 4.78 is 0. The number of hydrogen-bond donors (Lipinski definition) is 0. The topological polar surface area (TPSA) is 0 Å². The third kappa shape index (κ3) is 55.1. The van der Waals surface area contributed by atoms with Gasteiger partial charge in [-0.3, -0.25) is 0 Å². The molecule has 0 heteroatoms. The van der Waals surface area contributed by atoms with Gasteiger partial charge in [-0.15, -0.1) is 0 Å². The fraction of sp³-hybridized carbons (Fsp3) is 0.854. The lowest BCUT2D eigenvalue weighted by molar-refractivity contribution is 0.116. The SMILES string of the molecule is C1=CC2CCC1C2.C1=CC2CCCCC2C1.C1=CCC=C1.C1=CCC=CC1.C1=CCCC1.C1=CCCC=C1.C1=CCCCC1.C1CC1.C1CC2CC(C1)C2.C1CC2CC12.C1CC2CC2C1.C1CC2CCC1C2.C1CC2CCC1CC2.C1CC2CCCC2C1.C1CCC1.C1CCC2CCCC2C1.C1CCC2CCCCC2C1.C1CCCC1.C1CCCCC1.C1CCCCCC1.C1CCCCCCC1. The van der Waals surface area contributed by atoms with E-state index in [0.29, 0.717) is 0 Å². The molecule has 0 spiro atoms. The molecule has 0 N–H and O–H groups in total. The van der Waals surface area contributed by atoms with Gasteiger partial charge in [-0.05, 0) is 279 Å². The second-order valence-corrected chi connectivity index (χ2v) is 50.8. The van der Waals surface area contributed by atoms with Gasteiger partial charge in [0, 0.05) is 0 Å². The van der Waals surface area contributed by atoms with E-state index < -0.39 is 0 Å². The van der Waals surface area contributed by atoms with Crippen molar-refractivity contribution in [2.45, 2.75) is 623 Å². The summed E-state index contributed by atoms with van der Waals surface area (Å²) in [7, 11) is 0. The molecule has 26 saturated carbocycles. The molecule has 0 aliphatic heterocycles. The van der Waals surface area contributed by atoms with Crippen molar-refractivity contribution in [3.63, 3.8) is 0 Å². The van der Waals surface area contributed by atoms with Crippen molar-refractivity contribution in [3.05, 3.63) is 122 Å². The summed E-state index contributed by atoms with van der Waals surface area (Å²) in [6.07, 6.45) is 189. The lowest BCUT2D eigenvalue weighted by Gasteiger charge is -2.40. The van der Waals surface area contributed by atoms with Gasteiger partial charge in [0.15, 0.2) is 0 Å². The average Bonchev–Trinajstić information content (AvgIpc) is 1.63. The number of hydrogen-bond acceptors (Lipinski definition) is 0. The lowest BCUT2D eigenvalue weighted by atomic mass is 9.65.